The standard InChI is InChI=1S/C40H24O/c1-2-11-26-22-29(21-20-25(26)10-1)38-30-14-5-7-16-32(30)39(33-17-8-6-15-31(33)38)34-18-9-19-36-40(34)35-23-27-12-3-4-13-28(27)24-37(35)41-36/h1-24H/i1D,2D,3D,4D,9D,10D,11D,12D,13D,18D,19D,20D,21D,22D,23D,24D. The lowest BCUT2D eigenvalue weighted by Gasteiger charge is -2.18. The molecule has 0 aliphatic rings. The van der Waals surface area contributed by atoms with Crippen LogP contribution in [0.4, 0.5) is 0 Å². The van der Waals surface area contributed by atoms with Gasteiger partial charge in [-0.25, -0.2) is 0 Å². The van der Waals surface area contributed by atoms with Crippen LogP contribution in [0.5, 0.6) is 0 Å². The van der Waals surface area contributed by atoms with Crippen LogP contribution in [0.25, 0.3) is 87.3 Å². The Hall–Kier alpha value is -5.40. The Morgan fingerprint density at radius 3 is 1.71 bits per heavy atom. The van der Waals surface area contributed by atoms with Crippen LogP contribution in [-0.2, 0) is 0 Å². The lowest BCUT2D eigenvalue weighted by molar-refractivity contribution is 0.669. The van der Waals surface area contributed by atoms with Crippen molar-refractivity contribution >= 4 is 65.0 Å². The van der Waals surface area contributed by atoms with Gasteiger partial charge in [-0.3, -0.25) is 0 Å². The monoisotopic (exact) mass is 536 g/mol. The Bertz CT molecular complexity index is 3310. The summed E-state index contributed by atoms with van der Waals surface area (Å²) in [6, 6.07) is 5.36. The van der Waals surface area contributed by atoms with Gasteiger partial charge in [0.15, 0.2) is 0 Å². The van der Waals surface area contributed by atoms with E-state index >= 15 is 0 Å². The van der Waals surface area contributed by atoms with Gasteiger partial charge < -0.3 is 4.42 Å². The van der Waals surface area contributed by atoms with E-state index in [0.29, 0.717) is 32.7 Å². The molecule has 0 unspecified atom stereocenters. The number of benzene rings is 8. The highest BCUT2D eigenvalue weighted by molar-refractivity contribution is 6.26. The molecule has 8 aromatic carbocycles. The van der Waals surface area contributed by atoms with E-state index in [2.05, 4.69) is 0 Å². The molecular formula is C40H24O. The Labute approximate surface area is 259 Å². The quantitative estimate of drug-likeness (QED) is 0.200. The molecule has 41 heavy (non-hydrogen) atoms. The molecule has 0 saturated carbocycles. The summed E-state index contributed by atoms with van der Waals surface area (Å²) in [5.74, 6) is 0. The van der Waals surface area contributed by atoms with Crippen molar-refractivity contribution in [3.63, 3.8) is 0 Å². The Morgan fingerprint density at radius 2 is 1.02 bits per heavy atom. The first-order valence-corrected chi connectivity index (χ1v) is 12.8. The third kappa shape index (κ3) is 3.30. The summed E-state index contributed by atoms with van der Waals surface area (Å²) in [6.45, 7) is 0. The number of furan rings is 1. The van der Waals surface area contributed by atoms with Gasteiger partial charge in [-0.1, -0.05) is 121 Å². The minimum atomic E-state index is -0.612. The van der Waals surface area contributed by atoms with Crippen LogP contribution >= 0.6 is 0 Å². The van der Waals surface area contributed by atoms with Gasteiger partial charge in [0.05, 0.1) is 21.9 Å². The molecule has 1 heterocycles. The van der Waals surface area contributed by atoms with Gasteiger partial charge >= 0.3 is 0 Å². The fraction of sp³-hybridized carbons (Fsp3) is 0. The van der Waals surface area contributed by atoms with Crippen molar-refractivity contribution in [2.75, 3.05) is 0 Å². The second-order valence-electron chi connectivity index (χ2n) is 9.60. The molecule has 190 valence electrons. The minimum Gasteiger partial charge on any atom is -0.456 e. The van der Waals surface area contributed by atoms with E-state index in [1.807, 2.05) is 0 Å². The molecule has 1 heteroatoms. The SMILES string of the molecule is [2H]c1c([2H])c(-c2c3ccccc3c(-c3c([2H])c([2H])c4c([2H])c([2H])c([2H])c([2H])c4c3[2H])c3ccccc23)c2c(oc3c([2H])c4c([2H])c([2H])c([2H])c([2H])c4c([2H])c32)c1[2H]. The molecule has 9 aromatic rings. The highest BCUT2D eigenvalue weighted by atomic mass is 16.3. The number of hydrogen-bond acceptors (Lipinski definition) is 1. The van der Waals surface area contributed by atoms with Gasteiger partial charge in [0, 0.05) is 10.8 Å². The summed E-state index contributed by atoms with van der Waals surface area (Å²) >= 11 is 0. The number of rotatable bonds is 2. The van der Waals surface area contributed by atoms with Gasteiger partial charge in [-0.2, -0.15) is 0 Å². The summed E-state index contributed by atoms with van der Waals surface area (Å²) in [6.07, 6.45) is 0. The van der Waals surface area contributed by atoms with Crippen molar-refractivity contribution in [3.05, 3.63) is 145 Å². The predicted molar refractivity (Wildman–Crippen MR) is 175 cm³/mol. The molecule has 0 N–H and O–H groups in total. The zero-order chi connectivity index (χ0) is 40.8. The maximum absolute atomic E-state index is 9.40. The molecule has 0 radical (unpaired) electrons. The van der Waals surface area contributed by atoms with Crippen LogP contribution in [0.3, 0.4) is 0 Å². The lowest BCUT2D eigenvalue weighted by atomic mass is 9.84. The zero-order valence-corrected chi connectivity index (χ0v) is 21.0. The van der Waals surface area contributed by atoms with Crippen molar-refractivity contribution in [2.24, 2.45) is 0 Å². The van der Waals surface area contributed by atoms with E-state index in [9.17, 15) is 5.48 Å². The third-order valence-corrected chi connectivity index (χ3v) is 7.38. The van der Waals surface area contributed by atoms with E-state index in [4.69, 9.17) is 20.9 Å². The van der Waals surface area contributed by atoms with Crippen molar-refractivity contribution in [1.82, 2.24) is 0 Å². The summed E-state index contributed by atoms with van der Waals surface area (Å²) in [5, 5.41) is 0.554. The first-order valence-electron chi connectivity index (χ1n) is 20.8. The topological polar surface area (TPSA) is 13.1 Å². The average molecular weight is 537 g/mol. The molecule has 0 saturated heterocycles. The highest BCUT2D eigenvalue weighted by Gasteiger charge is 2.20. The van der Waals surface area contributed by atoms with E-state index in [1.54, 1.807) is 48.5 Å². The number of fused-ring (bicyclic) bond motifs is 7. The van der Waals surface area contributed by atoms with Gasteiger partial charge in [-0.05, 0) is 89.5 Å². The van der Waals surface area contributed by atoms with E-state index in [0.717, 1.165) is 0 Å². The molecule has 0 spiro atoms. The van der Waals surface area contributed by atoms with Crippen LogP contribution in [0, 0.1) is 0 Å². The van der Waals surface area contributed by atoms with Crippen LogP contribution in [-0.4, -0.2) is 0 Å². The Kier molecular flexibility index (Phi) is 2.50. The molecule has 1 nitrogen and oxygen atoms in total. The first kappa shape index (κ1) is 12.0. The molecule has 9 rings (SSSR count). The van der Waals surface area contributed by atoms with Gasteiger partial charge in [-0.15, -0.1) is 0 Å². The molecule has 1 aromatic heterocycles. The summed E-state index contributed by atoms with van der Waals surface area (Å²) in [7, 11) is 0. The maximum atomic E-state index is 9.40. The molecular weight excluding hydrogens is 496 g/mol. The second-order valence-corrected chi connectivity index (χ2v) is 9.60. The van der Waals surface area contributed by atoms with Crippen molar-refractivity contribution in [3.8, 4) is 22.3 Å². The van der Waals surface area contributed by atoms with Gasteiger partial charge in [0.2, 0.25) is 0 Å². The first-order chi connectivity index (χ1) is 27.0. The smallest absolute Gasteiger partial charge is 0.136 e. The summed E-state index contributed by atoms with van der Waals surface area (Å²) < 4.78 is 147. The van der Waals surface area contributed by atoms with Crippen molar-refractivity contribution in [2.45, 2.75) is 0 Å². The largest absolute Gasteiger partial charge is 0.456 e. The Morgan fingerprint density at radius 1 is 0.439 bits per heavy atom. The van der Waals surface area contributed by atoms with Gasteiger partial charge in [0.1, 0.15) is 11.2 Å². The maximum Gasteiger partial charge on any atom is 0.136 e. The van der Waals surface area contributed by atoms with Gasteiger partial charge in [0.25, 0.3) is 0 Å². The van der Waals surface area contributed by atoms with Crippen LogP contribution in [0.2, 0.25) is 0 Å². The molecule has 0 bridgehead atoms. The zero-order valence-electron chi connectivity index (χ0n) is 37.0. The van der Waals surface area contributed by atoms with E-state index in [-0.39, 0.29) is 54.6 Å². The minimum absolute atomic E-state index is 0.00405. The molecule has 0 fully saturated rings. The fourth-order valence-electron chi connectivity index (χ4n) is 5.68. The number of hydrogen-bond donors (Lipinski definition) is 0. The summed E-state index contributed by atoms with van der Waals surface area (Å²) in [4.78, 5) is 0. The molecule has 0 aliphatic heterocycles. The average Bonchev–Trinajstić information content (AvgIpc) is 3.61. The third-order valence-electron chi connectivity index (χ3n) is 7.38. The van der Waals surface area contributed by atoms with E-state index in [1.165, 1.54) is 0 Å². The summed E-state index contributed by atoms with van der Waals surface area (Å²) in [5.41, 5.74) is 0.0698. The lowest BCUT2D eigenvalue weighted by Crippen LogP contribution is -1.91. The fourth-order valence-corrected chi connectivity index (χ4v) is 5.68. The second kappa shape index (κ2) is 8.55. The molecule has 0 aliphatic carbocycles. The van der Waals surface area contributed by atoms with Crippen LogP contribution in [0.15, 0.2) is 150 Å². The van der Waals surface area contributed by atoms with Crippen molar-refractivity contribution < 1.29 is 26.3 Å². The van der Waals surface area contributed by atoms with E-state index < -0.39 is 96.7 Å². The van der Waals surface area contributed by atoms with Crippen LogP contribution < -0.4 is 0 Å². The highest BCUT2D eigenvalue weighted by Crippen LogP contribution is 2.47. The normalized spacial score (nSPS) is 17.4. The Balaban J connectivity index is 1.52. The van der Waals surface area contributed by atoms with Crippen molar-refractivity contribution in [1.29, 1.82) is 0 Å². The molecule has 0 amide bonds. The molecule has 0 atom stereocenters. The van der Waals surface area contributed by atoms with Crippen LogP contribution in [0.1, 0.15) is 21.9 Å². The predicted octanol–water partition coefficient (Wildman–Crippen LogP) is 11.5.